The second-order valence-electron chi connectivity index (χ2n) is 4.08. The zero-order valence-electron chi connectivity index (χ0n) is 10.6. The van der Waals surface area contributed by atoms with Crippen LogP contribution in [0.4, 0.5) is 4.79 Å². The predicted octanol–water partition coefficient (Wildman–Crippen LogP) is 1.62. The fourth-order valence-corrected chi connectivity index (χ4v) is 2.00. The normalized spacial score (nSPS) is 21.0. The molecule has 0 bridgehead atoms. The van der Waals surface area contributed by atoms with Gasteiger partial charge in [0.05, 0.1) is 6.61 Å². The summed E-state index contributed by atoms with van der Waals surface area (Å²) in [6, 6.07) is 5.79. The molecule has 20 heavy (non-hydrogen) atoms. The largest absolute Gasteiger partial charge is 0.460 e. The third-order valence-corrected chi connectivity index (χ3v) is 3.03. The number of rotatable bonds is 4. The number of halogens is 1. The monoisotopic (exact) mass is 297 g/mol. The van der Waals surface area contributed by atoms with Gasteiger partial charge >= 0.3 is 12.1 Å². The average Bonchev–Trinajstić information content (AvgIpc) is 2.81. The first-order valence-electron chi connectivity index (χ1n) is 5.96. The highest BCUT2D eigenvalue weighted by molar-refractivity contribution is 6.36. The van der Waals surface area contributed by atoms with E-state index in [2.05, 4.69) is 10.1 Å². The molecule has 6 nitrogen and oxygen atoms in total. The van der Waals surface area contributed by atoms with Crippen LogP contribution < -0.4 is 5.32 Å². The van der Waals surface area contributed by atoms with Crippen molar-refractivity contribution >= 4 is 29.4 Å². The number of benzene rings is 1. The molecule has 106 valence electrons. The molecule has 1 fully saturated rings. The van der Waals surface area contributed by atoms with Gasteiger partial charge in [-0.2, -0.15) is 0 Å². The number of nitrogens with one attached hydrogen (secondary N) is 1. The van der Waals surface area contributed by atoms with Crippen molar-refractivity contribution in [1.82, 2.24) is 5.32 Å². The number of ketones is 1. The van der Waals surface area contributed by atoms with Crippen molar-refractivity contribution in [3.8, 4) is 0 Å². The minimum atomic E-state index is -1.23. The van der Waals surface area contributed by atoms with E-state index in [4.69, 9.17) is 16.3 Å². The zero-order valence-corrected chi connectivity index (χ0v) is 11.3. The predicted molar refractivity (Wildman–Crippen MR) is 69.2 cm³/mol. The first-order valence-corrected chi connectivity index (χ1v) is 6.34. The molecule has 1 aromatic carbocycles. The van der Waals surface area contributed by atoms with Crippen LogP contribution in [0.1, 0.15) is 18.5 Å². The van der Waals surface area contributed by atoms with E-state index in [1.807, 2.05) is 0 Å². The second kappa shape index (κ2) is 5.92. The number of Topliss-reactive ketones (excluding diaryl/α,β-unsaturated/α-hetero) is 1. The van der Waals surface area contributed by atoms with Crippen molar-refractivity contribution in [2.75, 3.05) is 6.61 Å². The lowest BCUT2D eigenvalue weighted by molar-refractivity contribution is -0.157. The van der Waals surface area contributed by atoms with Gasteiger partial charge in [0.1, 0.15) is 6.04 Å². The lowest BCUT2D eigenvalue weighted by atomic mass is 9.99. The molecule has 2 unspecified atom stereocenters. The molecule has 1 heterocycles. The van der Waals surface area contributed by atoms with E-state index >= 15 is 0 Å². The van der Waals surface area contributed by atoms with Crippen LogP contribution in [-0.4, -0.2) is 30.6 Å². The van der Waals surface area contributed by atoms with E-state index in [9.17, 15) is 14.4 Å². The Morgan fingerprint density at radius 3 is 2.60 bits per heavy atom. The molecule has 1 aromatic rings. The zero-order chi connectivity index (χ0) is 14.7. The van der Waals surface area contributed by atoms with Crippen LogP contribution in [0.3, 0.4) is 0 Å². The van der Waals surface area contributed by atoms with Gasteiger partial charge in [-0.3, -0.25) is 4.79 Å². The number of carbonyl (C=O) groups excluding carboxylic acids is 3. The van der Waals surface area contributed by atoms with Crippen LogP contribution in [0.2, 0.25) is 5.02 Å². The minimum Gasteiger partial charge on any atom is -0.460 e. The van der Waals surface area contributed by atoms with Crippen molar-refractivity contribution < 1.29 is 23.9 Å². The molecule has 1 amide bonds. The van der Waals surface area contributed by atoms with E-state index in [1.54, 1.807) is 31.2 Å². The summed E-state index contributed by atoms with van der Waals surface area (Å²) in [7, 11) is 0. The third kappa shape index (κ3) is 2.91. The number of hydrogen-bond acceptors (Lipinski definition) is 5. The summed E-state index contributed by atoms with van der Waals surface area (Å²) >= 11 is 5.78. The van der Waals surface area contributed by atoms with Crippen LogP contribution in [0, 0.1) is 0 Å². The maximum atomic E-state index is 11.9. The first-order chi connectivity index (χ1) is 9.52. The highest BCUT2D eigenvalue weighted by Gasteiger charge is 2.43. The van der Waals surface area contributed by atoms with Gasteiger partial charge in [0.2, 0.25) is 0 Å². The lowest BCUT2D eigenvalue weighted by Crippen LogP contribution is -2.35. The van der Waals surface area contributed by atoms with Gasteiger partial charge in [-0.15, -0.1) is 0 Å². The number of alkyl carbamates (subject to hydrolysis) is 1. The molecule has 0 aromatic heterocycles. The van der Waals surface area contributed by atoms with Gasteiger partial charge in [0, 0.05) is 5.02 Å². The Hall–Kier alpha value is -2.08. The number of carbonyl (C=O) groups is 3. The van der Waals surface area contributed by atoms with E-state index in [0.717, 1.165) is 0 Å². The van der Waals surface area contributed by atoms with Crippen molar-refractivity contribution in [2.24, 2.45) is 0 Å². The second-order valence-corrected chi connectivity index (χ2v) is 4.52. The molecule has 1 saturated heterocycles. The van der Waals surface area contributed by atoms with E-state index in [-0.39, 0.29) is 6.61 Å². The van der Waals surface area contributed by atoms with E-state index in [1.165, 1.54) is 0 Å². The highest BCUT2D eigenvalue weighted by atomic mass is 35.5. The van der Waals surface area contributed by atoms with E-state index in [0.29, 0.717) is 10.6 Å². The highest BCUT2D eigenvalue weighted by Crippen LogP contribution is 2.26. The summed E-state index contributed by atoms with van der Waals surface area (Å²) in [5.41, 5.74) is 0.614. The number of cyclic esters (lactones) is 1. The molecule has 0 spiro atoms. The third-order valence-electron chi connectivity index (χ3n) is 2.77. The molecule has 0 aliphatic carbocycles. The SMILES string of the molecule is CCOC(=O)C(=O)C1OC(=O)NC1c1ccc(Cl)cc1. The summed E-state index contributed by atoms with van der Waals surface area (Å²) < 4.78 is 9.48. The van der Waals surface area contributed by atoms with Crippen LogP contribution in [0.25, 0.3) is 0 Å². The summed E-state index contributed by atoms with van der Waals surface area (Å²) in [6.45, 7) is 1.66. The van der Waals surface area contributed by atoms with Crippen LogP contribution >= 0.6 is 11.6 Å². The topological polar surface area (TPSA) is 81.7 Å². The molecule has 7 heteroatoms. The van der Waals surface area contributed by atoms with E-state index < -0.39 is 30.0 Å². The smallest absolute Gasteiger partial charge is 0.408 e. The first kappa shape index (κ1) is 14.3. The Morgan fingerprint density at radius 2 is 2.00 bits per heavy atom. The number of amides is 1. The summed E-state index contributed by atoms with van der Waals surface area (Å²) in [5.74, 6) is -1.92. The Balaban J connectivity index is 2.22. The molecule has 1 N–H and O–H groups in total. The van der Waals surface area contributed by atoms with Crippen molar-refractivity contribution in [3.63, 3.8) is 0 Å². The van der Waals surface area contributed by atoms with Crippen molar-refractivity contribution in [2.45, 2.75) is 19.1 Å². The van der Waals surface area contributed by atoms with Crippen LogP contribution in [0.15, 0.2) is 24.3 Å². The molecule has 1 aliphatic rings. The fourth-order valence-electron chi connectivity index (χ4n) is 1.87. The average molecular weight is 298 g/mol. The number of ether oxygens (including phenoxy) is 2. The lowest BCUT2D eigenvalue weighted by Gasteiger charge is -2.15. The van der Waals surface area contributed by atoms with Gasteiger partial charge < -0.3 is 14.8 Å². The molecule has 2 atom stereocenters. The van der Waals surface area contributed by atoms with Gasteiger partial charge in [-0.1, -0.05) is 23.7 Å². The molecule has 2 rings (SSSR count). The Kier molecular flexibility index (Phi) is 4.24. The molecular weight excluding hydrogens is 286 g/mol. The summed E-state index contributed by atoms with van der Waals surface area (Å²) in [4.78, 5) is 34.7. The molecular formula is C13H12ClNO5. The van der Waals surface area contributed by atoms with Crippen molar-refractivity contribution in [3.05, 3.63) is 34.9 Å². The van der Waals surface area contributed by atoms with Gasteiger partial charge in [-0.25, -0.2) is 9.59 Å². The Bertz CT molecular complexity index is 542. The standard InChI is InChI=1S/C13H12ClNO5/c1-2-19-12(17)10(16)11-9(15-13(18)20-11)7-3-5-8(14)6-4-7/h3-6,9,11H,2H2,1H3,(H,15,18). The number of esters is 1. The maximum Gasteiger partial charge on any atom is 0.408 e. The quantitative estimate of drug-likeness (QED) is 0.674. The molecule has 1 aliphatic heterocycles. The molecule has 0 radical (unpaired) electrons. The van der Waals surface area contributed by atoms with Gasteiger partial charge in [0.25, 0.3) is 5.78 Å². The van der Waals surface area contributed by atoms with Crippen LogP contribution in [0.5, 0.6) is 0 Å². The molecule has 0 saturated carbocycles. The minimum absolute atomic E-state index is 0.0737. The Labute approximate surface area is 120 Å². The summed E-state index contributed by atoms with van der Waals surface area (Å²) in [6.07, 6.45) is -1.99. The summed E-state index contributed by atoms with van der Waals surface area (Å²) in [5, 5.41) is 3.01. The maximum absolute atomic E-state index is 11.9. The van der Waals surface area contributed by atoms with Gasteiger partial charge in [0.15, 0.2) is 6.10 Å². The fraction of sp³-hybridized carbons (Fsp3) is 0.308. The number of hydrogen-bond donors (Lipinski definition) is 1. The van der Waals surface area contributed by atoms with Crippen LogP contribution in [-0.2, 0) is 19.1 Å². The van der Waals surface area contributed by atoms with Gasteiger partial charge in [-0.05, 0) is 24.6 Å². The van der Waals surface area contributed by atoms with Crippen molar-refractivity contribution in [1.29, 1.82) is 0 Å². The Morgan fingerprint density at radius 1 is 1.35 bits per heavy atom.